The monoisotopic (exact) mass is 346 g/mol. The molecule has 1 unspecified atom stereocenters. The zero-order valence-electron chi connectivity index (χ0n) is 14.6. The minimum Gasteiger partial charge on any atom is -0.338 e. The molecule has 23 heavy (non-hydrogen) atoms. The number of hydrogen-bond acceptors (Lipinski definition) is 3. The van der Waals surface area contributed by atoms with Crippen molar-refractivity contribution in [3.05, 3.63) is 0 Å². The first kappa shape index (κ1) is 20.0. The van der Waals surface area contributed by atoms with Crippen LogP contribution in [0.3, 0.4) is 0 Å². The normalized spacial score (nSPS) is 24.8. The first-order valence-corrected chi connectivity index (χ1v) is 8.60. The quantitative estimate of drug-likeness (QED) is 0.843. The van der Waals surface area contributed by atoms with Crippen LogP contribution in [0.15, 0.2) is 0 Å². The molecule has 0 radical (unpaired) electrons. The summed E-state index contributed by atoms with van der Waals surface area (Å²) in [4.78, 5) is 30.7. The highest BCUT2D eigenvalue weighted by atomic mass is 35.5. The second-order valence-electron chi connectivity index (χ2n) is 6.45. The van der Waals surface area contributed by atoms with Crippen LogP contribution < -0.4 is 5.32 Å². The molecule has 0 aromatic rings. The summed E-state index contributed by atoms with van der Waals surface area (Å²) in [6, 6.07) is 0.0964. The van der Waals surface area contributed by atoms with Crippen molar-refractivity contribution in [1.82, 2.24) is 20.0 Å². The van der Waals surface area contributed by atoms with E-state index >= 15 is 0 Å². The molecule has 2 aliphatic heterocycles. The smallest absolute Gasteiger partial charge is 0.320 e. The number of carbonyl (C=O) groups is 2. The Labute approximate surface area is 146 Å². The van der Waals surface area contributed by atoms with Crippen molar-refractivity contribution in [2.24, 2.45) is 0 Å². The first-order chi connectivity index (χ1) is 10.5. The molecule has 0 aliphatic carbocycles. The first-order valence-electron chi connectivity index (χ1n) is 8.60. The third-order valence-electron chi connectivity index (χ3n) is 4.96. The van der Waals surface area contributed by atoms with E-state index in [2.05, 4.69) is 5.32 Å². The van der Waals surface area contributed by atoms with E-state index in [1.807, 2.05) is 35.5 Å². The molecular weight excluding hydrogens is 316 g/mol. The number of nitrogens with zero attached hydrogens (tertiary/aromatic N) is 3. The number of nitrogens with one attached hydrogen (secondary N) is 1. The fourth-order valence-electron chi connectivity index (χ4n) is 3.38. The summed E-state index contributed by atoms with van der Waals surface area (Å²) in [5.41, 5.74) is -0.413. The molecule has 0 aromatic heterocycles. The molecule has 3 amide bonds. The lowest BCUT2D eigenvalue weighted by molar-refractivity contribution is -0.140. The molecule has 6 nitrogen and oxygen atoms in total. The van der Waals surface area contributed by atoms with E-state index in [1.165, 1.54) is 0 Å². The molecule has 134 valence electrons. The van der Waals surface area contributed by atoms with Crippen LogP contribution in [0.5, 0.6) is 0 Å². The second-order valence-corrected chi connectivity index (χ2v) is 6.45. The predicted molar refractivity (Wildman–Crippen MR) is 94.0 cm³/mol. The molecule has 7 heteroatoms. The maximum atomic E-state index is 12.7. The van der Waals surface area contributed by atoms with Crippen molar-refractivity contribution in [2.75, 3.05) is 45.8 Å². The Morgan fingerprint density at radius 3 is 2.09 bits per heavy atom. The molecule has 0 spiro atoms. The summed E-state index contributed by atoms with van der Waals surface area (Å²) < 4.78 is 0. The highest BCUT2D eigenvalue weighted by molar-refractivity contribution is 5.86. The molecule has 0 saturated carbocycles. The van der Waals surface area contributed by atoms with Gasteiger partial charge in [-0.15, -0.1) is 12.4 Å². The SMILES string of the molecule is CCN(CC)C(=O)N1CCN(C(=O)C2(C)CCCCN2)CC1.Cl. The Hall–Kier alpha value is -1.01. The van der Waals surface area contributed by atoms with Gasteiger partial charge in [-0.2, -0.15) is 0 Å². The van der Waals surface area contributed by atoms with Crippen molar-refractivity contribution >= 4 is 24.3 Å². The van der Waals surface area contributed by atoms with Gasteiger partial charge in [0, 0.05) is 39.3 Å². The van der Waals surface area contributed by atoms with Gasteiger partial charge in [-0.1, -0.05) is 0 Å². The number of halogens is 1. The van der Waals surface area contributed by atoms with E-state index in [1.54, 1.807) is 0 Å². The van der Waals surface area contributed by atoms with Crippen LogP contribution in [0.1, 0.15) is 40.0 Å². The molecule has 0 aromatic carbocycles. The highest BCUT2D eigenvalue weighted by Gasteiger charge is 2.38. The highest BCUT2D eigenvalue weighted by Crippen LogP contribution is 2.22. The van der Waals surface area contributed by atoms with Crippen LogP contribution in [0.4, 0.5) is 4.79 Å². The summed E-state index contributed by atoms with van der Waals surface area (Å²) in [7, 11) is 0. The third-order valence-corrected chi connectivity index (χ3v) is 4.96. The van der Waals surface area contributed by atoms with Crippen molar-refractivity contribution in [3.8, 4) is 0 Å². The van der Waals surface area contributed by atoms with Crippen molar-refractivity contribution in [2.45, 2.75) is 45.6 Å². The van der Waals surface area contributed by atoms with Crippen LogP contribution >= 0.6 is 12.4 Å². The third kappa shape index (κ3) is 4.51. The van der Waals surface area contributed by atoms with Crippen LogP contribution in [-0.2, 0) is 4.79 Å². The van der Waals surface area contributed by atoms with Gasteiger partial charge in [-0.05, 0) is 46.6 Å². The Balaban J connectivity index is 0.00000264. The lowest BCUT2D eigenvalue weighted by Gasteiger charge is -2.42. The van der Waals surface area contributed by atoms with Crippen LogP contribution in [0, 0.1) is 0 Å². The molecule has 2 rings (SSSR count). The number of carbonyl (C=O) groups excluding carboxylic acids is 2. The Bertz CT molecular complexity index is 401. The maximum absolute atomic E-state index is 12.7. The number of amides is 3. The lowest BCUT2D eigenvalue weighted by Crippen LogP contribution is -2.62. The van der Waals surface area contributed by atoms with E-state index in [4.69, 9.17) is 0 Å². The van der Waals surface area contributed by atoms with Crippen LogP contribution in [-0.4, -0.2) is 78.0 Å². The van der Waals surface area contributed by atoms with Crippen molar-refractivity contribution < 1.29 is 9.59 Å². The summed E-state index contributed by atoms with van der Waals surface area (Å²) >= 11 is 0. The summed E-state index contributed by atoms with van der Waals surface area (Å²) in [6.07, 6.45) is 3.16. The largest absolute Gasteiger partial charge is 0.338 e. The number of piperazine rings is 1. The van der Waals surface area contributed by atoms with Crippen molar-refractivity contribution in [3.63, 3.8) is 0 Å². The predicted octanol–water partition coefficient (Wildman–Crippen LogP) is 1.55. The van der Waals surface area contributed by atoms with Gasteiger partial charge >= 0.3 is 6.03 Å². The van der Waals surface area contributed by atoms with Crippen molar-refractivity contribution in [1.29, 1.82) is 0 Å². The standard InChI is InChI=1S/C16H30N4O2.ClH/c1-4-18(5-2)15(22)20-12-10-19(11-13-20)14(21)16(3)8-6-7-9-17-16;/h17H,4-13H2,1-3H3;1H. The molecule has 1 N–H and O–H groups in total. The fourth-order valence-corrected chi connectivity index (χ4v) is 3.38. The average molecular weight is 347 g/mol. The summed E-state index contributed by atoms with van der Waals surface area (Å²) in [5, 5.41) is 3.38. The average Bonchev–Trinajstić information content (AvgIpc) is 2.56. The zero-order valence-corrected chi connectivity index (χ0v) is 15.5. The number of piperidine rings is 1. The Kier molecular flexibility index (Phi) is 7.61. The molecule has 0 bridgehead atoms. The minimum atomic E-state index is -0.413. The maximum Gasteiger partial charge on any atom is 0.320 e. The zero-order chi connectivity index (χ0) is 16.2. The van der Waals surface area contributed by atoms with E-state index in [9.17, 15) is 9.59 Å². The van der Waals surface area contributed by atoms with E-state index in [0.29, 0.717) is 26.2 Å². The number of rotatable bonds is 3. The fraction of sp³-hybridized carbons (Fsp3) is 0.875. The molecule has 1 atom stereocenters. The number of hydrogen-bond donors (Lipinski definition) is 1. The molecule has 2 heterocycles. The Morgan fingerprint density at radius 2 is 1.61 bits per heavy atom. The second kappa shape index (κ2) is 8.73. The molecule has 2 saturated heterocycles. The van der Waals surface area contributed by atoms with Crippen LogP contribution in [0.2, 0.25) is 0 Å². The van der Waals surface area contributed by atoms with E-state index in [0.717, 1.165) is 38.9 Å². The van der Waals surface area contributed by atoms with Gasteiger partial charge in [-0.25, -0.2) is 4.79 Å². The lowest BCUT2D eigenvalue weighted by atomic mass is 9.89. The number of urea groups is 1. The van der Waals surface area contributed by atoms with Crippen LogP contribution in [0.25, 0.3) is 0 Å². The van der Waals surface area contributed by atoms with E-state index in [-0.39, 0.29) is 24.3 Å². The minimum absolute atomic E-state index is 0. The Morgan fingerprint density at radius 1 is 1.04 bits per heavy atom. The van der Waals surface area contributed by atoms with E-state index < -0.39 is 5.54 Å². The molecular formula is C16H31ClN4O2. The van der Waals surface area contributed by atoms with Gasteiger partial charge in [0.25, 0.3) is 0 Å². The van der Waals surface area contributed by atoms with Gasteiger partial charge in [-0.3, -0.25) is 4.79 Å². The molecule has 2 aliphatic rings. The molecule has 2 fully saturated rings. The van der Waals surface area contributed by atoms with Gasteiger partial charge in [0.2, 0.25) is 5.91 Å². The topological polar surface area (TPSA) is 55.9 Å². The summed E-state index contributed by atoms with van der Waals surface area (Å²) in [5.74, 6) is 0.196. The summed E-state index contributed by atoms with van der Waals surface area (Å²) in [6.45, 7) is 10.9. The van der Waals surface area contributed by atoms with Gasteiger partial charge in [0.05, 0.1) is 5.54 Å². The van der Waals surface area contributed by atoms with Gasteiger partial charge in [0.1, 0.15) is 0 Å². The van der Waals surface area contributed by atoms with Gasteiger partial charge < -0.3 is 20.0 Å². The van der Waals surface area contributed by atoms with Gasteiger partial charge in [0.15, 0.2) is 0 Å².